The van der Waals surface area contributed by atoms with Crippen molar-refractivity contribution in [2.24, 2.45) is 16.8 Å². The van der Waals surface area contributed by atoms with Crippen molar-refractivity contribution in [1.82, 2.24) is 10.2 Å². The molecule has 1 saturated heterocycles. The summed E-state index contributed by atoms with van der Waals surface area (Å²) in [5.41, 5.74) is 1.09. The zero-order chi connectivity index (χ0) is 19.2. The third kappa shape index (κ3) is 5.52. The summed E-state index contributed by atoms with van der Waals surface area (Å²) in [4.78, 5) is 19.0. The molecule has 6 nitrogen and oxygen atoms in total. The second kappa shape index (κ2) is 10.9. The second-order valence-corrected chi connectivity index (χ2v) is 7.46. The lowest BCUT2D eigenvalue weighted by atomic mass is 9.96. The first-order chi connectivity index (χ1) is 13.1. The predicted octanol–water partition coefficient (Wildman–Crippen LogP) is 3.44. The molecule has 0 amide bonds. The second-order valence-electron chi connectivity index (χ2n) is 7.46. The molecular formula is C21H32IN3O3. The summed E-state index contributed by atoms with van der Waals surface area (Å²) in [6.45, 7) is 6.92. The topological polar surface area (TPSA) is 63.2 Å². The van der Waals surface area contributed by atoms with Gasteiger partial charge in [0, 0.05) is 25.2 Å². The van der Waals surface area contributed by atoms with E-state index in [2.05, 4.69) is 30.1 Å². The van der Waals surface area contributed by atoms with Crippen LogP contribution in [0.3, 0.4) is 0 Å². The molecule has 2 unspecified atom stereocenters. The van der Waals surface area contributed by atoms with Crippen LogP contribution in [0.4, 0.5) is 0 Å². The summed E-state index contributed by atoms with van der Waals surface area (Å²) >= 11 is 0. The number of hydrogen-bond acceptors (Lipinski definition) is 4. The molecule has 1 saturated carbocycles. The number of benzene rings is 1. The number of ether oxygens (including phenoxy) is 2. The molecule has 2 fully saturated rings. The molecule has 2 aliphatic rings. The number of rotatable bonds is 6. The number of aliphatic imine (C=N–C) groups is 1. The van der Waals surface area contributed by atoms with Crippen LogP contribution in [0, 0.1) is 11.8 Å². The minimum Gasteiger partial charge on any atom is -0.490 e. The molecule has 2 atom stereocenters. The Balaban J connectivity index is 0.00000280. The summed E-state index contributed by atoms with van der Waals surface area (Å²) in [6, 6.07) is 8.14. The van der Waals surface area contributed by atoms with Gasteiger partial charge >= 0.3 is 5.97 Å². The smallest absolute Gasteiger partial charge is 0.310 e. The maximum atomic E-state index is 12.0. The fraction of sp³-hybridized carbons (Fsp3) is 0.619. The molecule has 7 heteroatoms. The van der Waals surface area contributed by atoms with Gasteiger partial charge in [0.15, 0.2) is 5.96 Å². The zero-order valence-electron chi connectivity index (χ0n) is 17.0. The van der Waals surface area contributed by atoms with Crippen molar-refractivity contribution in [2.75, 3.05) is 26.7 Å². The Hall–Kier alpha value is -1.51. The van der Waals surface area contributed by atoms with Gasteiger partial charge in [-0.15, -0.1) is 24.0 Å². The number of carbonyl (C=O) groups excluding carboxylic acids is 1. The molecule has 3 rings (SSSR count). The van der Waals surface area contributed by atoms with E-state index in [1.54, 1.807) is 0 Å². The SMILES string of the molecule is CCNC(=NCc1ccccc1OC1CCC1)N1CC(C)C(C(=O)OC)C1.I. The van der Waals surface area contributed by atoms with Gasteiger partial charge in [0.25, 0.3) is 0 Å². The standard InChI is InChI=1S/C21H31N3O3.HI/c1-4-22-21(24-13-15(2)18(14-24)20(25)26-3)23-12-16-8-5-6-11-19(16)27-17-9-7-10-17;/h5-6,8,11,15,17-18H,4,7,9-10,12-14H2,1-3H3,(H,22,23);1H. The normalized spacial score (nSPS) is 22.2. The molecule has 0 radical (unpaired) electrons. The average Bonchev–Trinajstić information content (AvgIpc) is 3.03. The van der Waals surface area contributed by atoms with E-state index in [-0.39, 0.29) is 41.8 Å². The number of hydrogen-bond donors (Lipinski definition) is 1. The number of nitrogens with zero attached hydrogens (tertiary/aromatic N) is 2. The van der Waals surface area contributed by atoms with Crippen molar-refractivity contribution >= 4 is 35.9 Å². The number of halogens is 1. The summed E-state index contributed by atoms with van der Waals surface area (Å²) in [7, 11) is 1.45. The van der Waals surface area contributed by atoms with Gasteiger partial charge < -0.3 is 19.7 Å². The van der Waals surface area contributed by atoms with Crippen LogP contribution in [0.5, 0.6) is 5.75 Å². The lowest BCUT2D eigenvalue weighted by Crippen LogP contribution is -2.40. The molecule has 1 aliphatic carbocycles. The maximum absolute atomic E-state index is 12.0. The van der Waals surface area contributed by atoms with Gasteiger partial charge in [-0.2, -0.15) is 0 Å². The number of guanidine groups is 1. The number of carbonyl (C=O) groups is 1. The number of nitrogens with one attached hydrogen (secondary N) is 1. The van der Waals surface area contributed by atoms with E-state index in [1.165, 1.54) is 13.5 Å². The molecule has 156 valence electrons. The van der Waals surface area contributed by atoms with Crippen LogP contribution in [0.2, 0.25) is 0 Å². The molecule has 0 bridgehead atoms. The van der Waals surface area contributed by atoms with E-state index in [4.69, 9.17) is 14.5 Å². The first-order valence-electron chi connectivity index (χ1n) is 9.98. The van der Waals surface area contributed by atoms with E-state index in [0.717, 1.165) is 43.2 Å². The van der Waals surface area contributed by atoms with E-state index in [1.807, 2.05) is 18.2 Å². The lowest BCUT2D eigenvalue weighted by Gasteiger charge is -2.27. The molecule has 1 N–H and O–H groups in total. The zero-order valence-corrected chi connectivity index (χ0v) is 19.3. The largest absolute Gasteiger partial charge is 0.490 e. The van der Waals surface area contributed by atoms with Gasteiger partial charge in [-0.1, -0.05) is 25.1 Å². The minimum absolute atomic E-state index is 0. The number of para-hydroxylation sites is 1. The Kier molecular flexibility index (Phi) is 8.85. The Morgan fingerprint density at radius 3 is 2.68 bits per heavy atom. The molecule has 0 aromatic heterocycles. The Labute approximate surface area is 185 Å². The number of likely N-dealkylation sites (tertiary alicyclic amines) is 1. The van der Waals surface area contributed by atoms with E-state index < -0.39 is 0 Å². The van der Waals surface area contributed by atoms with Crippen molar-refractivity contribution in [1.29, 1.82) is 0 Å². The maximum Gasteiger partial charge on any atom is 0.310 e. The molecule has 1 heterocycles. The highest BCUT2D eigenvalue weighted by Crippen LogP contribution is 2.28. The summed E-state index contributed by atoms with van der Waals surface area (Å²) < 4.78 is 11.1. The fourth-order valence-corrected chi connectivity index (χ4v) is 3.60. The van der Waals surface area contributed by atoms with Crippen LogP contribution >= 0.6 is 24.0 Å². The number of methoxy groups -OCH3 is 1. The van der Waals surface area contributed by atoms with Crippen LogP contribution in [0.25, 0.3) is 0 Å². The molecule has 28 heavy (non-hydrogen) atoms. The summed E-state index contributed by atoms with van der Waals surface area (Å²) in [5.74, 6) is 1.78. The van der Waals surface area contributed by atoms with Gasteiger partial charge in [0.1, 0.15) is 5.75 Å². The monoisotopic (exact) mass is 501 g/mol. The predicted molar refractivity (Wildman–Crippen MR) is 121 cm³/mol. The molecule has 1 aliphatic heterocycles. The van der Waals surface area contributed by atoms with E-state index in [0.29, 0.717) is 19.2 Å². The van der Waals surface area contributed by atoms with Gasteiger partial charge in [0.2, 0.25) is 0 Å². The van der Waals surface area contributed by atoms with Crippen LogP contribution in [0.15, 0.2) is 29.3 Å². The van der Waals surface area contributed by atoms with Crippen LogP contribution < -0.4 is 10.1 Å². The van der Waals surface area contributed by atoms with Crippen LogP contribution in [0.1, 0.15) is 38.7 Å². The Morgan fingerprint density at radius 2 is 2.04 bits per heavy atom. The highest BCUT2D eigenvalue weighted by atomic mass is 127. The lowest BCUT2D eigenvalue weighted by molar-refractivity contribution is -0.145. The molecule has 1 aromatic carbocycles. The Morgan fingerprint density at radius 1 is 1.29 bits per heavy atom. The molecule has 0 spiro atoms. The van der Waals surface area contributed by atoms with E-state index in [9.17, 15) is 4.79 Å². The van der Waals surface area contributed by atoms with E-state index >= 15 is 0 Å². The molecule has 1 aromatic rings. The van der Waals surface area contributed by atoms with Crippen LogP contribution in [-0.4, -0.2) is 49.7 Å². The highest BCUT2D eigenvalue weighted by Gasteiger charge is 2.36. The molecular weight excluding hydrogens is 469 g/mol. The Bertz CT molecular complexity index is 679. The van der Waals surface area contributed by atoms with Crippen molar-refractivity contribution in [3.05, 3.63) is 29.8 Å². The highest BCUT2D eigenvalue weighted by molar-refractivity contribution is 14.0. The first kappa shape index (κ1) is 22.8. The van der Waals surface area contributed by atoms with Crippen molar-refractivity contribution in [2.45, 2.75) is 45.8 Å². The third-order valence-electron chi connectivity index (χ3n) is 5.47. The quantitative estimate of drug-likeness (QED) is 0.280. The van der Waals surface area contributed by atoms with Gasteiger partial charge in [-0.05, 0) is 38.2 Å². The number of esters is 1. The van der Waals surface area contributed by atoms with Gasteiger partial charge in [-0.25, -0.2) is 4.99 Å². The summed E-state index contributed by atoms with van der Waals surface area (Å²) in [6.07, 6.45) is 3.88. The third-order valence-corrected chi connectivity index (χ3v) is 5.47. The average molecular weight is 501 g/mol. The summed E-state index contributed by atoms with van der Waals surface area (Å²) in [5, 5.41) is 3.36. The van der Waals surface area contributed by atoms with Gasteiger partial charge in [-0.3, -0.25) is 4.79 Å². The first-order valence-corrected chi connectivity index (χ1v) is 9.98. The van der Waals surface area contributed by atoms with Crippen LogP contribution in [-0.2, 0) is 16.1 Å². The van der Waals surface area contributed by atoms with Crippen molar-refractivity contribution in [3.63, 3.8) is 0 Å². The van der Waals surface area contributed by atoms with Crippen molar-refractivity contribution in [3.8, 4) is 5.75 Å². The fourth-order valence-electron chi connectivity index (χ4n) is 3.60. The van der Waals surface area contributed by atoms with Crippen molar-refractivity contribution < 1.29 is 14.3 Å². The van der Waals surface area contributed by atoms with Gasteiger partial charge in [0.05, 0.1) is 25.7 Å². The minimum atomic E-state index is -0.139.